The van der Waals surface area contributed by atoms with Crippen LogP contribution in [0.25, 0.3) is 0 Å². The van der Waals surface area contributed by atoms with E-state index in [1.54, 1.807) is 0 Å². The highest BCUT2D eigenvalue weighted by Gasteiger charge is 2.20. The molecule has 1 saturated heterocycles. The average molecular weight is 268 g/mol. The molecule has 1 aliphatic heterocycles. The Morgan fingerprint density at radius 3 is 3.07 bits per heavy atom. The molecule has 1 aliphatic rings. The second-order valence-electron chi connectivity index (χ2n) is 4.51. The summed E-state index contributed by atoms with van der Waals surface area (Å²) in [6.45, 7) is 3.55. The number of hydrogen-bond donors (Lipinski definition) is 1. The third-order valence-electron chi connectivity index (χ3n) is 3.23. The van der Waals surface area contributed by atoms with Crippen molar-refractivity contribution in [2.45, 2.75) is 32.2 Å². The van der Waals surface area contributed by atoms with Gasteiger partial charge in [0.2, 0.25) is 0 Å². The summed E-state index contributed by atoms with van der Waals surface area (Å²) in [5, 5.41) is 3.58. The van der Waals surface area contributed by atoms with Gasteiger partial charge in [-0.3, -0.25) is 0 Å². The van der Waals surface area contributed by atoms with Crippen molar-refractivity contribution < 1.29 is 0 Å². The maximum Gasteiger partial charge on any atom is 0.0177 e. The van der Waals surface area contributed by atoms with Gasteiger partial charge in [-0.25, -0.2) is 0 Å². The fourth-order valence-corrected chi connectivity index (χ4v) is 2.82. The predicted octanol–water partition coefficient (Wildman–Crippen LogP) is 3.38. The molecule has 1 aromatic carbocycles. The predicted molar refractivity (Wildman–Crippen MR) is 68.0 cm³/mol. The molecule has 1 N–H and O–H groups in total. The summed E-state index contributed by atoms with van der Waals surface area (Å²) in [5.74, 6) is 0.738. The highest BCUT2D eigenvalue weighted by molar-refractivity contribution is 9.10. The van der Waals surface area contributed by atoms with Crippen LogP contribution in [0, 0.1) is 5.92 Å². The van der Waals surface area contributed by atoms with E-state index in [0.29, 0.717) is 0 Å². The summed E-state index contributed by atoms with van der Waals surface area (Å²) < 4.78 is 1.19. The molecule has 0 spiro atoms. The first-order valence-corrected chi connectivity index (χ1v) is 6.53. The standard InChI is InChI=1S/C13H18BrN/c1-10(13-6-3-7-15-13)8-11-4-2-5-12(14)9-11/h2,4-5,9-10,13,15H,3,6-8H2,1H3. The molecule has 1 nitrogen and oxygen atoms in total. The van der Waals surface area contributed by atoms with Gasteiger partial charge in [0.1, 0.15) is 0 Å². The van der Waals surface area contributed by atoms with E-state index in [9.17, 15) is 0 Å². The lowest BCUT2D eigenvalue weighted by Gasteiger charge is -2.19. The molecule has 1 fully saturated rings. The van der Waals surface area contributed by atoms with E-state index < -0.39 is 0 Å². The first-order chi connectivity index (χ1) is 7.25. The van der Waals surface area contributed by atoms with E-state index in [0.717, 1.165) is 12.0 Å². The summed E-state index contributed by atoms with van der Waals surface area (Å²) >= 11 is 3.52. The van der Waals surface area contributed by atoms with Gasteiger partial charge in [-0.1, -0.05) is 35.0 Å². The maximum absolute atomic E-state index is 3.58. The number of benzene rings is 1. The summed E-state index contributed by atoms with van der Waals surface area (Å²) in [4.78, 5) is 0. The molecule has 1 heterocycles. The van der Waals surface area contributed by atoms with E-state index >= 15 is 0 Å². The fourth-order valence-electron chi connectivity index (χ4n) is 2.38. The Kier molecular flexibility index (Phi) is 3.81. The van der Waals surface area contributed by atoms with Crippen molar-refractivity contribution in [3.63, 3.8) is 0 Å². The van der Waals surface area contributed by atoms with Gasteiger partial charge in [0.15, 0.2) is 0 Å². The maximum atomic E-state index is 3.58. The average Bonchev–Trinajstić information content (AvgIpc) is 2.70. The molecule has 15 heavy (non-hydrogen) atoms. The van der Waals surface area contributed by atoms with Gasteiger partial charge in [0, 0.05) is 10.5 Å². The number of nitrogens with one attached hydrogen (secondary N) is 1. The van der Waals surface area contributed by atoms with Crippen molar-refractivity contribution >= 4 is 15.9 Å². The van der Waals surface area contributed by atoms with Gasteiger partial charge < -0.3 is 5.32 Å². The van der Waals surface area contributed by atoms with E-state index in [-0.39, 0.29) is 0 Å². The highest BCUT2D eigenvalue weighted by Crippen LogP contribution is 2.20. The molecule has 1 aromatic rings. The fraction of sp³-hybridized carbons (Fsp3) is 0.538. The molecule has 2 heteroatoms. The molecule has 0 aromatic heterocycles. The summed E-state index contributed by atoms with van der Waals surface area (Å²) in [5.41, 5.74) is 1.44. The zero-order valence-corrected chi connectivity index (χ0v) is 10.8. The number of hydrogen-bond acceptors (Lipinski definition) is 1. The lowest BCUT2D eigenvalue weighted by Crippen LogP contribution is -2.29. The Balaban J connectivity index is 1.95. The second kappa shape index (κ2) is 5.13. The van der Waals surface area contributed by atoms with Gasteiger partial charge in [-0.2, -0.15) is 0 Å². The molecular weight excluding hydrogens is 250 g/mol. The second-order valence-corrected chi connectivity index (χ2v) is 5.43. The molecule has 2 atom stereocenters. The van der Waals surface area contributed by atoms with Crippen LogP contribution in [-0.4, -0.2) is 12.6 Å². The summed E-state index contributed by atoms with van der Waals surface area (Å²) in [7, 11) is 0. The van der Waals surface area contributed by atoms with E-state index in [1.807, 2.05) is 0 Å². The molecule has 2 unspecified atom stereocenters. The van der Waals surface area contributed by atoms with E-state index in [1.165, 1.54) is 35.8 Å². The van der Waals surface area contributed by atoms with Gasteiger partial charge >= 0.3 is 0 Å². The van der Waals surface area contributed by atoms with Gasteiger partial charge in [-0.05, 0) is 49.4 Å². The molecule has 0 radical (unpaired) electrons. The Labute approximate surface area is 100 Å². The summed E-state index contributed by atoms with van der Waals surface area (Å²) in [6.07, 6.45) is 3.86. The van der Waals surface area contributed by atoms with Crippen LogP contribution in [0.5, 0.6) is 0 Å². The third-order valence-corrected chi connectivity index (χ3v) is 3.73. The van der Waals surface area contributed by atoms with Crippen LogP contribution in [0.15, 0.2) is 28.7 Å². The minimum Gasteiger partial charge on any atom is -0.314 e. The van der Waals surface area contributed by atoms with Crippen molar-refractivity contribution in [2.24, 2.45) is 5.92 Å². The van der Waals surface area contributed by atoms with Crippen LogP contribution < -0.4 is 5.32 Å². The Morgan fingerprint density at radius 2 is 2.40 bits per heavy atom. The molecule has 82 valence electrons. The van der Waals surface area contributed by atoms with Gasteiger partial charge in [0.25, 0.3) is 0 Å². The van der Waals surface area contributed by atoms with Crippen molar-refractivity contribution in [1.82, 2.24) is 5.32 Å². The Morgan fingerprint density at radius 1 is 1.53 bits per heavy atom. The molecule has 0 amide bonds. The normalized spacial score (nSPS) is 22.9. The lowest BCUT2D eigenvalue weighted by atomic mass is 9.93. The molecule has 0 aliphatic carbocycles. The minimum atomic E-state index is 0.726. The number of halogens is 1. The van der Waals surface area contributed by atoms with Gasteiger partial charge in [-0.15, -0.1) is 0 Å². The Bertz CT molecular complexity index is 318. The zero-order chi connectivity index (χ0) is 10.7. The third kappa shape index (κ3) is 3.05. The minimum absolute atomic E-state index is 0.726. The first-order valence-electron chi connectivity index (χ1n) is 5.73. The Hall–Kier alpha value is -0.340. The van der Waals surface area contributed by atoms with Crippen LogP contribution in [-0.2, 0) is 6.42 Å². The van der Waals surface area contributed by atoms with Crippen LogP contribution in [0.3, 0.4) is 0 Å². The monoisotopic (exact) mass is 267 g/mol. The van der Waals surface area contributed by atoms with Crippen LogP contribution in [0.1, 0.15) is 25.3 Å². The molecule has 2 rings (SSSR count). The zero-order valence-electron chi connectivity index (χ0n) is 9.17. The van der Waals surface area contributed by atoms with Crippen molar-refractivity contribution in [2.75, 3.05) is 6.54 Å². The largest absolute Gasteiger partial charge is 0.314 e. The summed E-state index contributed by atoms with van der Waals surface area (Å²) in [6, 6.07) is 9.38. The van der Waals surface area contributed by atoms with Crippen LogP contribution >= 0.6 is 15.9 Å². The molecule has 0 bridgehead atoms. The topological polar surface area (TPSA) is 12.0 Å². The van der Waals surface area contributed by atoms with Crippen LogP contribution in [0.4, 0.5) is 0 Å². The molecular formula is C13H18BrN. The van der Waals surface area contributed by atoms with E-state index in [2.05, 4.69) is 52.4 Å². The van der Waals surface area contributed by atoms with Gasteiger partial charge in [0.05, 0.1) is 0 Å². The first kappa shape index (κ1) is 11.2. The van der Waals surface area contributed by atoms with Crippen molar-refractivity contribution in [3.8, 4) is 0 Å². The lowest BCUT2D eigenvalue weighted by molar-refractivity contribution is 0.417. The van der Waals surface area contributed by atoms with Crippen LogP contribution in [0.2, 0.25) is 0 Å². The van der Waals surface area contributed by atoms with Crippen molar-refractivity contribution in [3.05, 3.63) is 34.3 Å². The number of rotatable bonds is 3. The smallest absolute Gasteiger partial charge is 0.0177 e. The SMILES string of the molecule is CC(Cc1cccc(Br)c1)C1CCCN1. The highest BCUT2D eigenvalue weighted by atomic mass is 79.9. The molecule has 0 saturated carbocycles. The van der Waals surface area contributed by atoms with E-state index in [4.69, 9.17) is 0 Å². The van der Waals surface area contributed by atoms with Crippen molar-refractivity contribution in [1.29, 1.82) is 0 Å². The quantitative estimate of drug-likeness (QED) is 0.886.